The highest BCUT2D eigenvalue weighted by atomic mass is 16.5. The van der Waals surface area contributed by atoms with Gasteiger partial charge in [-0.15, -0.1) is 0 Å². The SMILES string of the molecule is CCn1nc(C)cc1Nc1nc2ccccc2n1C/C=C/Cn1c(N)nc2cc(C(=O)OC)cc(C)c21. The molecular weight excluding hydrogens is 468 g/mol. The van der Waals surface area contributed by atoms with Gasteiger partial charge in [-0.05, 0) is 50.6 Å². The van der Waals surface area contributed by atoms with E-state index in [2.05, 4.69) is 45.1 Å². The van der Waals surface area contributed by atoms with Gasteiger partial charge in [0.25, 0.3) is 0 Å². The molecule has 0 aliphatic heterocycles. The molecule has 0 fully saturated rings. The predicted octanol–water partition coefficient (Wildman–Crippen LogP) is 4.59. The highest BCUT2D eigenvalue weighted by Gasteiger charge is 2.15. The van der Waals surface area contributed by atoms with Gasteiger partial charge in [0.2, 0.25) is 11.9 Å². The van der Waals surface area contributed by atoms with Crippen LogP contribution in [0.25, 0.3) is 22.1 Å². The molecule has 0 atom stereocenters. The summed E-state index contributed by atoms with van der Waals surface area (Å²) in [6.07, 6.45) is 4.15. The Hall–Kier alpha value is -4.60. The fourth-order valence-corrected chi connectivity index (χ4v) is 4.63. The lowest BCUT2D eigenvalue weighted by Gasteiger charge is -2.10. The summed E-state index contributed by atoms with van der Waals surface area (Å²) in [6.45, 7) is 7.89. The molecule has 0 saturated heterocycles. The molecule has 190 valence electrons. The van der Waals surface area contributed by atoms with Gasteiger partial charge in [-0.25, -0.2) is 19.4 Å². The van der Waals surface area contributed by atoms with Crippen LogP contribution in [0.2, 0.25) is 0 Å². The molecule has 0 saturated carbocycles. The van der Waals surface area contributed by atoms with Crippen molar-refractivity contribution in [2.75, 3.05) is 18.2 Å². The van der Waals surface area contributed by atoms with Crippen molar-refractivity contribution in [2.45, 2.75) is 40.4 Å². The van der Waals surface area contributed by atoms with E-state index >= 15 is 0 Å². The minimum absolute atomic E-state index is 0.392. The lowest BCUT2D eigenvalue weighted by Crippen LogP contribution is -2.08. The highest BCUT2D eigenvalue weighted by Crippen LogP contribution is 2.25. The second-order valence-corrected chi connectivity index (χ2v) is 8.85. The summed E-state index contributed by atoms with van der Waals surface area (Å²) in [4.78, 5) is 21.3. The molecular formula is C27H30N8O2. The first kappa shape index (κ1) is 24.1. The number of carbonyl (C=O) groups is 1. The third kappa shape index (κ3) is 4.53. The molecule has 5 aromatic rings. The number of nitrogen functional groups attached to an aromatic ring is 1. The fourth-order valence-electron chi connectivity index (χ4n) is 4.63. The van der Waals surface area contributed by atoms with Crippen LogP contribution in [0.4, 0.5) is 17.7 Å². The van der Waals surface area contributed by atoms with Gasteiger partial charge in [0, 0.05) is 25.7 Å². The number of hydrogen-bond donors (Lipinski definition) is 2. The number of benzene rings is 2. The number of nitrogens with two attached hydrogens (primary N) is 1. The summed E-state index contributed by atoms with van der Waals surface area (Å²) in [5, 5.41) is 7.99. The van der Waals surface area contributed by atoms with Gasteiger partial charge in [0.05, 0.1) is 40.4 Å². The van der Waals surface area contributed by atoms with Gasteiger partial charge in [-0.2, -0.15) is 5.10 Å². The Kier molecular flexibility index (Phi) is 6.39. The van der Waals surface area contributed by atoms with Gasteiger partial charge < -0.3 is 24.9 Å². The van der Waals surface area contributed by atoms with E-state index < -0.39 is 5.97 Å². The van der Waals surface area contributed by atoms with Crippen LogP contribution in [0.15, 0.2) is 54.6 Å². The minimum Gasteiger partial charge on any atom is -0.465 e. The molecule has 0 aliphatic rings. The molecule has 37 heavy (non-hydrogen) atoms. The minimum atomic E-state index is -0.396. The molecule has 0 radical (unpaired) electrons. The zero-order valence-electron chi connectivity index (χ0n) is 21.4. The van der Waals surface area contributed by atoms with E-state index in [9.17, 15) is 4.79 Å². The molecule has 3 heterocycles. The second kappa shape index (κ2) is 9.81. The van der Waals surface area contributed by atoms with Crippen molar-refractivity contribution in [3.05, 3.63) is 71.4 Å². The average Bonchev–Trinajstić information content (AvgIpc) is 3.53. The summed E-state index contributed by atoms with van der Waals surface area (Å²) in [5.41, 5.74) is 12.1. The zero-order valence-corrected chi connectivity index (χ0v) is 21.4. The van der Waals surface area contributed by atoms with E-state index in [4.69, 9.17) is 15.5 Å². The maximum absolute atomic E-state index is 12.0. The first-order valence-electron chi connectivity index (χ1n) is 12.2. The van der Waals surface area contributed by atoms with Crippen LogP contribution in [-0.4, -0.2) is 42.0 Å². The number of anilines is 3. The predicted molar refractivity (Wildman–Crippen MR) is 145 cm³/mol. The van der Waals surface area contributed by atoms with Crippen molar-refractivity contribution in [2.24, 2.45) is 0 Å². The summed E-state index contributed by atoms with van der Waals surface area (Å²) >= 11 is 0. The number of aryl methyl sites for hydroxylation is 3. The van der Waals surface area contributed by atoms with Crippen molar-refractivity contribution in [1.82, 2.24) is 28.9 Å². The van der Waals surface area contributed by atoms with Crippen molar-refractivity contribution in [3.63, 3.8) is 0 Å². The quantitative estimate of drug-likeness (QED) is 0.237. The third-order valence-corrected chi connectivity index (χ3v) is 6.32. The first-order valence-corrected chi connectivity index (χ1v) is 12.2. The van der Waals surface area contributed by atoms with Crippen LogP contribution in [0.1, 0.15) is 28.5 Å². The monoisotopic (exact) mass is 498 g/mol. The number of fused-ring (bicyclic) bond motifs is 2. The number of ether oxygens (including phenoxy) is 1. The summed E-state index contributed by atoms with van der Waals surface area (Å²) in [5.74, 6) is 1.65. The number of rotatable bonds is 8. The molecule has 0 bridgehead atoms. The van der Waals surface area contributed by atoms with Crippen molar-refractivity contribution >= 4 is 45.8 Å². The molecule has 2 aromatic carbocycles. The van der Waals surface area contributed by atoms with Crippen molar-refractivity contribution in [3.8, 4) is 0 Å². The van der Waals surface area contributed by atoms with Gasteiger partial charge in [-0.1, -0.05) is 24.3 Å². The van der Waals surface area contributed by atoms with E-state index in [0.29, 0.717) is 30.1 Å². The fraction of sp³-hybridized carbons (Fsp3) is 0.259. The van der Waals surface area contributed by atoms with Gasteiger partial charge in [-0.3, -0.25) is 0 Å². The third-order valence-electron chi connectivity index (χ3n) is 6.32. The van der Waals surface area contributed by atoms with Gasteiger partial charge >= 0.3 is 5.97 Å². The number of hydrogen-bond acceptors (Lipinski definition) is 7. The van der Waals surface area contributed by atoms with Gasteiger partial charge in [0.1, 0.15) is 5.82 Å². The topological polar surface area (TPSA) is 118 Å². The molecule has 0 unspecified atom stereocenters. The smallest absolute Gasteiger partial charge is 0.337 e. The molecule has 0 spiro atoms. The molecule has 10 nitrogen and oxygen atoms in total. The Labute approximate surface area is 214 Å². The molecule has 3 aromatic heterocycles. The number of aromatic nitrogens is 6. The van der Waals surface area contributed by atoms with Crippen LogP contribution < -0.4 is 11.1 Å². The van der Waals surface area contributed by atoms with Crippen LogP contribution in [0.5, 0.6) is 0 Å². The van der Waals surface area contributed by atoms with Crippen LogP contribution in [0, 0.1) is 13.8 Å². The Morgan fingerprint density at radius 2 is 1.81 bits per heavy atom. The number of nitrogens with zero attached hydrogens (tertiary/aromatic N) is 6. The van der Waals surface area contributed by atoms with Crippen molar-refractivity contribution < 1.29 is 9.53 Å². The van der Waals surface area contributed by atoms with E-state index in [1.165, 1.54) is 7.11 Å². The van der Waals surface area contributed by atoms with E-state index in [1.54, 1.807) is 12.1 Å². The molecule has 3 N–H and O–H groups in total. The van der Waals surface area contributed by atoms with E-state index in [0.717, 1.165) is 46.1 Å². The van der Waals surface area contributed by atoms with E-state index in [-0.39, 0.29) is 0 Å². The second-order valence-electron chi connectivity index (χ2n) is 8.85. The summed E-state index contributed by atoms with van der Waals surface area (Å²) in [7, 11) is 1.36. The maximum atomic E-state index is 12.0. The normalized spacial score (nSPS) is 11.7. The Morgan fingerprint density at radius 3 is 2.57 bits per heavy atom. The molecule has 0 aliphatic carbocycles. The van der Waals surface area contributed by atoms with Crippen LogP contribution in [-0.2, 0) is 24.4 Å². The molecule has 0 amide bonds. The van der Waals surface area contributed by atoms with Crippen LogP contribution in [0.3, 0.4) is 0 Å². The highest BCUT2D eigenvalue weighted by molar-refractivity contribution is 5.95. The standard InChI is InChI=1S/C27H30N8O2/c1-5-35-23(15-18(3)32-35)31-27-30-20-10-6-7-11-22(20)33(27)12-8-9-13-34-24-17(2)14-19(25(36)37-4)16-21(24)29-26(34)28/h6-11,14-16H,5,12-13H2,1-4H3,(H2,28,29)(H,30,31)/b9-8+. The first-order chi connectivity index (χ1) is 17.9. The lowest BCUT2D eigenvalue weighted by molar-refractivity contribution is 0.0601. The number of allylic oxidation sites excluding steroid dienone is 2. The van der Waals surface area contributed by atoms with Crippen LogP contribution >= 0.6 is 0 Å². The molecule has 10 heteroatoms. The summed E-state index contributed by atoms with van der Waals surface area (Å²) < 4.78 is 10.9. The maximum Gasteiger partial charge on any atom is 0.337 e. The van der Waals surface area contributed by atoms with Crippen molar-refractivity contribution in [1.29, 1.82) is 0 Å². The van der Waals surface area contributed by atoms with Gasteiger partial charge in [0.15, 0.2) is 0 Å². The number of para-hydroxylation sites is 2. The largest absolute Gasteiger partial charge is 0.465 e. The number of methoxy groups -OCH3 is 1. The number of nitrogens with one attached hydrogen (secondary N) is 1. The zero-order chi connectivity index (χ0) is 26.1. The summed E-state index contributed by atoms with van der Waals surface area (Å²) in [6, 6.07) is 13.6. The molecule has 5 rings (SSSR count). The number of imidazole rings is 2. The number of carbonyl (C=O) groups excluding carboxylic acids is 1. The Bertz CT molecular complexity index is 1640. The van der Waals surface area contributed by atoms with E-state index in [1.807, 2.05) is 47.4 Å². The average molecular weight is 499 g/mol. The number of esters is 1. The lowest BCUT2D eigenvalue weighted by atomic mass is 10.1. The Morgan fingerprint density at radius 1 is 1.05 bits per heavy atom. The Balaban J connectivity index is 1.41.